The van der Waals surface area contributed by atoms with Gasteiger partial charge < -0.3 is 10.1 Å². The summed E-state index contributed by atoms with van der Waals surface area (Å²) in [5.74, 6) is 0.489. The van der Waals surface area contributed by atoms with Crippen LogP contribution in [0.15, 0.2) is 35.4 Å². The molecule has 3 aromatic rings. The van der Waals surface area contributed by atoms with Gasteiger partial charge in [0.2, 0.25) is 5.91 Å². The molecule has 1 aromatic carbocycles. The van der Waals surface area contributed by atoms with Crippen LogP contribution >= 0.6 is 11.3 Å². The molecule has 0 saturated heterocycles. The Hall–Kier alpha value is -2.67. The van der Waals surface area contributed by atoms with Crippen LogP contribution in [0, 0.1) is 0 Å². The Labute approximate surface area is 160 Å². The van der Waals surface area contributed by atoms with Crippen LogP contribution in [-0.4, -0.2) is 22.6 Å². The first kappa shape index (κ1) is 17.7. The summed E-state index contributed by atoms with van der Waals surface area (Å²) in [4.78, 5) is 31.8. The summed E-state index contributed by atoms with van der Waals surface area (Å²) in [6, 6.07) is 7.33. The predicted octanol–water partition coefficient (Wildman–Crippen LogP) is 2.83. The fraction of sp³-hybridized carbons (Fsp3) is 0.350. The summed E-state index contributed by atoms with van der Waals surface area (Å²) >= 11 is 1.60. The maximum Gasteiger partial charge on any atom is 0.262 e. The zero-order valence-corrected chi connectivity index (χ0v) is 16.1. The number of thiophene rings is 1. The van der Waals surface area contributed by atoms with E-state index < -0.39 is 0 Å². The minimum atomic E-state index is -0.233. The van der Waals surface area contributed by atoms with Crippen molar-refractivity contribution in [2.75, 3.05) is 7.11 Å². The van der Waals surface area contributed by atoms with Gasteiger partial charge in [-0.2, -0.15) is 0 Å². The Morgan fingerprint density at radius 2 is 2.19 bits per heavy atom. The molecule has 0 radical (unpaired) electrons. The number of ether oxygens (including phenoxy) is 1. The number of fused-ring (bicyclic) bond motifs is 3. The predicted molar refractivity (Wildman–Crippen MR) is 105 cm³/mol. The number of carbonyl (C=O) groups is 1. The average molecular weight is 383 g/mol. The second-order valence-electron chi connectivity index (χ2n) is 6.75. The van der Waals surface area contributed by atoms with Crippen molar-refractivity contribution in [3.63, 3.8) is 0 Å². The third kappa shape index (κ3) is 3.23. The molecule has 140 valence electrons. The zero-order chi connectivity index (χ0) is 19.0. The van der Waals surface area contributed by atoms with Crippen molar-refractivity contribution in [1.29, 1.82) is 0 Å². The van der Waals surface area contributed by atoms with Gasteiger partial charge in [-0.25, -0.2) is 4.98 Å². The van der Waals surface area contributed by atoms with Crippen LogP contribution in [0.4, 0.5) is 0 Å². The normalized spacial score (nSPS) is 14.1. The van der Waals surface area contributed by atoms with E-state index in [1.54, 1.807) is 18.4 Å². The zero-order valence-electron chi connectivity index (χ0n) is 15.3. The number of carbonyl (C=O) groups excluding carboxylic acids is 1. The van der Waals surface area contributed by atoms with Gasteiger partial charge in [-0.15, -0.1) is 11.3 Å². The number of methoxy groups -OCH3 is 1. The van der Waals surface area contributed by atoms with Gasteiger partial charge in [0.1, 0.15) is 17.1 Å². The number of benzene rings is 1. The van der Waals surface area contributed by atoms with Crippen molar-refractivity contribution in [2.45, 2.75) is 38.8 Å². The number of aryl methyl sites for hydroxylation is 2. The van der Waals surface area contributed by atoms with Gasteiger partial charge in [0.05, 0.1) is 24.9 Å². The number of para-hydroxylation sites is 1. The lowest BCUT2D eigenvalue weighted by Crippen LogP contribution is -2.34. The molecule has 0 saturated carbocycles. The van der Waals surface area contributed by atoms with E-state index in [1.165, 1.54) is 15.8 Å². The lowest BCUT2D eigenvalue weighted by Gasteiger charge is -2.17. The topological polar surface area (TPSA) is 73.2 Å². The number of rotatable bonds is 5. The highest BCUT2D eigenvalue weighted by atomic mass is 32.1. The number of hydrogen-bond donors (Lipinski definition) is 1. The van der Waals surface area contributed by atoms with Crippen LogP contribution in [0.5, 0.6) is 5.75 Å². The second-order valence-corrected chi connectivity index (χ2v) is 7.83. The van der Waals surface area contributed by atoms with Crippen LogP contribution in [0.25, 0.3) is 10.2 Å². The number of hydrogen-bond acceptors (Lipinski definition) is 5. The van der Waals surface area contributed by atoms with Crippen molar-refractivity contribution < 1.29 is 9.53 Å². The molecule has 1 N–H and O–H groups in total. The first-order valence-electron chi connectivity index (χ1n) is 9.00. The van der Waals surface area contributed by atoms with Crippen LogP contribution in [0.1, 0.15) is 35.4 Å². The molecule has 1 atom stereocenters. The van der Waals surface area contributed by atoms with Gasteiger partial charge >= 0.3 is 0 Å². The van der Waals surface area contributed by atoms with Crippen LogP contribution < -0.4 is 15.6 Å². The minimum absolute atomic E-state index is 0.0497. The fourth-order valence-corrected chi connectivity index (χ4v) is 4.90. The summed E-state index contributed by atoms with van der Waals surface area (Å²) in [5, 5.41) is 3.63. The van der Waals surface area contributed by atoms with Crippen molar-refractivity contribution in [3.05, 3.63) is 57.0 Å². The van der Waals surface area contributed by atoms with Crippen LogP contribution in [-0.2, 0) is 24.2 Å². The van der Waals surface area contributed by atoms with Crippen molar-refractivity contribution >= 4 is 27.5 Å². The van der Waals surface area contributed by atoms with Crippen molar-refractivity contribution in [2.24, 2.45) is 0 Å². The van der Waals surface area contributed by atoms with Gasteiger partial charge in [0.25, 0.3) is 5.56 Å². The highest BCUT2D eigenvalue weighted by Gasteiger charge is 2.22. The number of amides is 1. The van der Waals surface area contributed by atoms with E-state index >= 15 is 0 Å². The fourth-order valence-electron chi connectivity index (χ4n) is 3.68. The van der Waals surface area contributed by atoms with E-state index in [9.17, 15) is 9.59 Å². The van der Waals surface area contributed by atoms with Gasteiger partial charge in [-0.3, -0.25) is 14.2 Å². The monoisotopic (exact) mass is 383 g/mol. The van der Waals surface area contributed by atoms with Crippen LogP contribution in [0.2, 0.25) is 0 Å². The summed E-state index contributed by atoms with van der Waals surface area (Å²) in [5.41, 5.74) is 1.90. The van der Waals surface area contributed by atoms with E-state index in [0.29, 0.717) is 5.39 Å². The summed E-state index contributed by atoms with van der Waals surface area (Å²) in [6.07, 6.45) is 4.51. The first-order chi connectivity index (χ1) is 13.1. The standard InChI is InChI=1S/C20H21N3O3S/c1-12(13-6-3-4-8-15(13)26-2)22-17(24)10-23-11-21-19-18(20(23)25)14-7-5-9-16(14)27-19/h3-4,6,8,11-12H,5,7,9-10H2,1-2H3,(H,22,24). The largest absolute Gasteiger partial charge is 0.496 e. The SMILES string of the molecule is COc1ccccc1C(C)NC(=O)Cn1cnc2sc3c(c2c1=O)CCC3. The second kappa shape index (κ2) is 7.15. The summed E-state index contributed by atoms with van der Waals surface area (Å²) < 4.78 is 6.75. The maximum absolute atomic E-state index is 12.9. The molecule has 1 unspecified atom stereocenters. The molecule has 2 aromatic heterocycles. The lowest BCUT2D eigenvalue weighted by molar-refractivity contribution is -0.122. The number of nitrogens with one attached hydrogen (secondary N) is 1. The Bertz CT molecular complexity index is 1070. The summed E-state index contributed by atoms with van der Waals surface area (Å²) in [6.45, 7) is 1.84. The number of nitrogens with zero attached hydrogens (tertiary/aromatic N) is 2. The molecule has 1 amide bonds. The van der Waals surface area contributed by atoms with E-state index in [-0.39, 0.29) is 24.1 Å². The number of aromatic nitrogens is 2. The molecule has 0 fully saturated rings. The molecule has 2 heterocycles. The average Bonchev–Trinajstić information content (AvgIpc) is 3.25. The Morgan fingerprint density at radius 1 is 1.37 bits per heavy atom. The molecule has 7 heteroatoms. The van der Waals surface area contributed by atoms with Gasteiger partial charge in [-0.05, 0) is 37.8 Å². The molecule has 1 aliphatic rings. The molecular formula is C20H21N3O3S. The molecule has 1 aliphatic carbocycles. The molecular weight excluding hydrogens is 362 g/mol. The quantitative estimate of drug-likeness (QED) is 0.735. The first-order valence-corrected chi connectivity index (χ1v) is 9.82. The smallest absolute Gasteiger partial charge is 0.262 e. The Morgan fingerprint density at radius 3 is 3.00 bits per heavy atom. The molecule has 0 spiro atoms. The van der Waals surface area contributed by atoms with E-state index in [2.05, 4.69) is 10.3 Å². The van der Waals surface area contributed by atoms with Crippen molar-refractivity contribution in [1.82, 2.24) is 14.9 Å². The molecule has 4 rings (SSSR count). The van der Waals surface area contributed by atoms with E-state index in [4.69, 9.17) is 4.74 Å². The summed E-state index contributed by atoms with van der Waals surface area (Å²) in [7, 11) is 1.60. The lowest BCUT2D eigenvalue weighted by atomic mass is 10.1. The van der Waals surface area contributed by atoms with Gasteiger partial charge in [-0.1, -0.05) is 18.2 Å². The molecule has 27 heavy (non-hydrogen) atoms. The van der Waals surface area contributed by atoms with Crippen LogP contribution in [0.3, 0.4) is 0 Å². The van der Waals surface area contributed by atoms with Gasteiger partial charge in [0, 0.05) is 10.4 Å². The van der Waals surface area contributed by atoms with E-state index in [0.717, 1.165) is 41.0 Å². The van der Waals surface area contributed by atoms with Gasteiger partial charge in [0.15, 0.2) is 0 Å². The minimum Gasteiger partial charge on any atom is -0.496 e. The maximum atomic E-state index is 12.9. The molecule has 0 bridgehead atoms. The highest BCUT2D eigenvalue weighted by molar-refractivity contribution is 7.18. The Kier molecular flexibility index (Phi) is 4.70. The third-order valence-corrected chi connectivity index (χ3v) is 6.19. The van der Waals surface area contributed by atoms with Crippen molar-refractivity contribution in [3.8, 4) is 5.75 Å². The highest BCUT2D eigenvalue weighted by Crippen LogP contribution is 2.34. The Balaban J connectivity index is 1.55. The third-order valence-electron chi connectivity index (χ3n) is 4.99. The molecule has 6 nitrogen and oxygen atoms in total. The van der Waals surface area contributed by atoms with E-state index in [1.807, 2.05) is 31.2 Å². The molecule has 0 aliphatic heterocycles.